The van der Waals surface area contributed by atoms with Crippen molar-refractivity contribution in [1.29, 1.82) is 0 Å². The van der Waals surface area contributed by atoms with E-state index in [2.05, 4.69) is 20.5 Å². The van der Waals surface area contributed by atoms with E-state index in [0.29, 0.717) is 11.7 Å². The van der Waals surface area contributed by atoms with E-state index in [0.717, 1.165) is 37.4 Å². The first-order valence-electron chi connectivity index (χ1n) is 6.85. The van der Waals surface area contributed by atoms with Crippen LogP contribution in [-0.2, 0) is 0 Å². The fourth-order valence-corrected chi connectivity index (χ4v) is 2.60. The van der Waals surface area contributed by atoms with Crippen LogP contribution in [0.3, 0.4) is 0 Å². The number of hydrogen-bond acceptors (Lipinski definition) is 4. The van der Waals surface area contributed by atoms with Gasteiger partial charge >= 0.3 is 0 Å². The Bertz CT molecular complexity index is 636. The van der Waals surface area contributed by atoms with Crippen molar-refractivity contribution in [2.24, 2.45) is 0 Å². The molecule has 6 nitrogen and oxygen atoms in total. The Kier molecular flexibility index (Phi) is 3.10. The van der Waals surface area contributed by atoms with Crippen molar-refractivity contribution in [2.75, 3.05) is 13.1 Å². The van der Waals surface area contributed by atoms with Gasteiger partial charge in [-0.25, -0.2) is 14.5 Å². The van der Waals surface area contributed by atoms with Gasteiger partial charge in [-0.2, -0.15) is 5.10 Å². The first-order chi connectivity index (χ1) is 9.16. The first-order valence-corrected chi connectivity index (χ1v) is 6.85. The van der Waals surface area contributed by atoms with Crippen LogP contribution in [0.15, 0.2) is 10.9 Å². The van der Waals surface area contributed by atoms with Gasteiger partial charge in [0.2, 0.25) is 5.78 Å². The van der Waals surface area contributed by atoms with Crippen LogP contribution in [0.2, 0.25) is 0 Å². The molecule has 1 aliphatic heterocycles. The fraction of sp³-hybridized carbons (Fsp3) is 0.615. The van der Waals surface area contributed by atoms with Gasteiger partial charge in [-0.3, -0.25) is 4.79 Å². The van der Waals surface area contributed by atoms with Crippen LogP contribution in [0.1, 0.15) is 50.0 Å². The van der Waals surface area contributed by atoms with Crippen LogP contribution in [-0.4, -0.2) is 32.7 Å². The summed E-state index contributed by atoms with van der Waals surface area (Å²) < 4.78 is 1.63. The Morgan fingerprint density at radius 3 is 2.79 bits per heavy atom. The predicted octanol–water partition coefficient (Wildman–Crippen LogP) is 1.01. The van der Waals surface area contributed by atoms with Gasteiger partial charge in [0, 0.05) is 12.0 Å². The van der Waals surface area contributed by atoms with Crippen LogP contribution in [0.5, 0.6) is 0 Å². The van der Waals surface area contributed by atoms with Crippen molar-refractivity contribution in [2.45, 2.75) is 38.5 Å². The van der Waals surface area contributed by atoms with Crippen molar-refractivity contribution in [3.8, 4) is 0 Å². The van der Waals surface area contributed by atoms with E-state index < -0.39 is 0 Å². The standard InChI is InChI=1S/C13H19N5O/c1-8(2)10-7-11(19)18-12(16-17-13(18)15-10)9-3-5-14-6-4-9/h7-9,14H,3-6H2,1-2H3,(H,15,17). The summed E-state index contributed by atoms with van der Waals surface area (Å²) in [5.41, 5.74) is 0.779. The quantitative estimate of drug-likeness (QED) is 0.846. The molecule has 19 heavy (non-hydrogen) atoms. The van der Waals surface area contributed by atoms with E-state index in [1.54, 1.807) is 10.5 Å². The normalized spacial score (nSPS) is 17.4. The molecule has 102 valence electrons. The molecule has 3 rings (SSSR count). The lowest BCUT2D eigenvalue weighted by molar-refractivity contribution is 0.441. The van der Waals surface area contributed by atoms with E-state index >= 15 is 0 Å². The van der Waals surface area contributed by atoms with Crippen molar-refractivity contribution < 1.29 is 0 Å². The zero-order valence-electron chi connectivity index (χ0n) is 11.3. The van der Waals surface area contributed by atoms with Crippen molar-refractivity contribution in [3.63, 3.8) is 0 Å². The van der Waals surface area contributed by atoms with E-state index in [1.807, 2.05) is 13.8 Å². The van der Waals surface area contributed by atoms with Crippen molar-refractivity contribution >= 4 is 5.78 Å². The summed E-state index contributed by atoms with van der Waals surface area (Å²) in [6.45, 7) is 6.02. The minimum atomic E-state index is -0.0315. The highest BCUT2D eigenvalue weighted by molar-refractivity contribution is 5.31. The van der Waals surface area contributed by atoms with Crippen LogP contribution < -0.4 is 10.9 Å². The second-order valence-corrected chi connectivity index (χ2v) is 5.44. The Morgan fingerprint density at radius 1 is 1.37 bits per heavy atom. The molecule has 6 heteroatoms. The number of fused-ring (bicyclic) bond motifs is 1. The van der Waals surface area contributed by atoms with Gasteiger partial charge in [-0.05, 0) is 31.8 Å². The third kappa shape index (κ3) is 2.16. The molecule has 0 aromatic carbocycles. The summed E-state index contributed by atoms with van der Waals surface area (Å²) in [4.78, 5) is 16.8. The molecule has 0 unspecified atom stereocenters. The topological polar surface area (TPSA) is 75.1 Å². The number of H-pyrrole nitrogens is 1. The molecule has 0 atom stereocenters. The molecule has 3 heterocycles. The Hall–Kier alpha value is -1.69. The summed E-state index contributed by atoms with van der Waals surface area (Å²) in [6.07, 6.45) is 2.02. The summed E-state index contributed by atoms with van der Waals surface area (Å²) in [6, 6.07) is 1.62. The molecule has 0 bridgehead atoms. The van der Waals surface area contributed by atoms with E-state index in [9.17, 15) is 4.79 Å². The lowest BCUT2D eigenvalue weighted by Gasteiger charge is -2.20. The molecule has 1 aliphatic rings. The number of hydrogen-bond donors (Lipinski definition) is 2. The van der Waals surface area contributed by atoms with Crippen LogP contribution in [0.4, 0.5) is 0 Å². The third-order valence-corrected chi connectivity index (χ3v) is 3.73. The van der Waals surface area contributed by atoms with Gasteiger partial charge < -0.3 is 5.32 Å². The summed E-state index contributed by atoms with van der Waals surface area (Å²) in [7, 11) is 0. The average molecular weight is 261 g/mol. The number of aromatic nitrogens is 4. The van der Waals surface area contributed by atoms with Gasteiger partial charge in [-0.1, -0.05) is 13.8 Å². The highest BCUT2D eigenvalue weighted by Gasteiger charge is 2.22. The smallest absolute Gasteiger partial charge is 0.260 e. The van der Waals surface area contributed by atoms with Gasteiger partial charge in [0.15, 0.2) is 0 Å². The van der Waals surface area contributed by atoms with E-state index in [-0.39, 0.29) is 11.5 Å². The maximum absolute atomic E-state index is 12.3. The van der Waals surface area contributed by atoms with E-state index in [1.165, 1.54) is 0 Å². The molecule has 0 radical (unpaired) electrons. The van der Waals surface area contributed by atoms with Gasteiger partial charge in [0.05, 0.1) is 5.69 Å². The van der Waals surface area contributed by atoms with Crippen LogP contribution in [0.25, 0.3) is 5.78 Å². The lowest BCUT2D eigenvalue weighted by atomic mass is 9.97. The third-order valence-electron chi connectivity index (χ3n) is 3.73. The minimum absolute atomic E-state index is 0.0315. The number of piperidine rings is 1. The molecule has 2 aromatic heterocycles. The lowest BCUT2D eigenvalue weighted by Crippen LogP contribution is -2.29. The largest absolute Gasteiger partial charge is 0.317 e. The van der Waals surface area contributed by atoms with E-state index in [4.69, 9.17) is 0 Å². The molecule has 2 N–H and O–H groups in total. The Balaban J connectivity index is 2.10. The monoisotopic (exact) mass is 261 g/mol. The highest BCUT2D eigenvalue weighted by atomic mass is 16.1. The number of rotatable bonds is 2. The maximum atomic E-state index is 12.3. The fourth-order valence-electron chi connectivity index (χ4n) is 2.60. The molecule has 1 saturated heterocycles. The number of nitrogens with zero attached hydrogens (tertiary/aromatic N) is 3. The SMILES string of the molecule is CC(C)c1cc(=O)n2c(C3CCNCC3)n[nH]c2n1. The second kappa shape index (κ2) is 4.77. The van der Waals surface area contributed by atoms with Gasteiger partial charge in [0.25, 0.3) is 5.56 Å². The summed E-state index contributed by atoms with van der Waals surface area (Å²) >= 11 is 0. The first kappa shape index (κ1) is 12.3. The Morgan fingerprint density at radius 2 is 2.11 bits per heavy atom. The molecular weight excluding hydrogens is 242 g/mol. The van der Waals surface area contributed by atoms with Crippen LogP contribution in [0, 0.1) is 0 Å². The van der Waals surface area contributed by atoms with Crippen molar-refractivity contribution in [3.05, 3.63) is 27.9 Å². The molecule has 2 aromatic rings. The molecule has 0 saturated carbocycles. The summed E-state index contributed by atoms with van der Waals surface area (Å²) in [5.74, 6) is 1.96. The summed E-state index contributed by atoms with van der Waals surface area (Å²) in [5, 5.41) is 10.6. The zero-order valence-corrected chi connectivity index (χ0v) is 11.3. The molecule has 1 fully saturated rings. The highest BCUT2D eigenvalue weighted by Crippen LogP contribution is 2.23. The van der Waals surface area contributed by atoms with Crippen molar-refractivity contribution in [1.82, 2.24) is 24.9 Å². The number of nitrogens with one attached hydrogen (secondary N) is 2. The minimum Gasteiger partial charge on any atom is -0.317 e. The van der Waals surface area contributed by atoms with Gasteiger partial charge in [-0.15, -0.1) is 0 Å². The molecular formula is C13H19N5O. The predicted molar refractivity (Wildman–Crippen MR) is 72.5 cm³/mol. The molecule has 0 aliphatic carbocycles. The zero-order chi connectivity index (χ0) is 13.4. The van der Waals surface area contributed by atoms with Gasteiger partial charge in [0.1, 0.15) is 5.82 Å². The number of aromatic amines is 1. The molecule has 0 spiro atoms. The maximum Gasteiger partial charge on any atom is 0.260 e. The molecule has 0 amide bonds. The van der Waals surface area contributed by atoms with Crippen LogP contribution >= 0.6 is 0 Å². The second-order valence-electron chi connectivity index (χ2n) is 5.44. The Labute approximate surface area is 111 Å². The average Bonchev–Trinajstić information content (AvgIpc) is 2.84.